The molecule has 0 spiro atoms. The topological polar surface area (TPSA) is 29.3 Å². The molecule has 2 rings (SSSR count). The zero-order valence-corrected chi connectivity index (χ0v) is 11.8. The van der Waals surface area contributed by atoms with Crippen molar-refractivity contribution in [2.45, 2.75) is 19.9 Å². The minimum Gasteiger partial charge on any atom is -0.397 e. The van der Waals surface area contributed by atoms with E-state index < -0.39 is 0 Å². The van der Waals surface area contributed by atoms with Crippen molar-refractivity contribution >= 4 is 11.4 Å². The van der Waals surface area contributed by atoms with Crippen LogP contribution in [0.2, 0.25) is 0 Å². The first kappa shape index (κ1) is 14.3. The first-order valence-corrected chi connectivity index (χ1v) is 6.44. The minimum absolute atomic E-state index is 0.205. The Morgan fingerprint density at radius 3 is 2.40 bits per heavy atom. The fourth-order valence-corrected chi connectivity index (χ4v) is 2.22. The summed E-state index contributed by atoms with van der Waals surface area (Å²) < 4.78 is 27.3. The van der Waals surface area contributed by atoms with Crippen LogP contribution in [0.3, 0.4) is 0 Å². The molecule has 2 aromatic rings. The van der Waals surface area contributed by atoms with Gasteiger partial charge in [-0.25, -0.2) is 8.78 Å². The van der Waals surface area contributed by atoms with Crippen molar-refractivity contribution < 1.29 is 8.78 Å². The van der Waals surface area contributed by atoms with Crippen LogP contribution in [0.1, 0.15) is 24.1 Å². The predicted molar refractivity (Wildman–Crippen MR) is 78.8 cm³/mol. The van der Waals surface area contributed by atoms with Crippen LogP contribution < -0.4 is 10.6 Å². The lowest BCUT2D eigenvalue weighted by atomic mass is 10.0. The fourth-order valence-electron chi connectivity index (χ4n) is 2.22. The van der Waals surface area contributed by atoms with Crippen LogP contribution in [0.15, 0.2) is 36.4 Å². The van der Waals surface area contributed by atoms with Crippen LogP contribution in [-0.4, -0.2) is 7.05 Å². The number of halogens is 2. The Hall–Kier alpha value is -2.10. The number of nitrogens with zero attached hydrogens (tertiary/aromatic N) is 1. The molecule has 2 N–H and O–H groups in total. The van der Waals surface area contributed by atoms with Gasteiger partial charge in [0.1, 0.15) is 11.6 Å². The largest absolute Gasteiger partial charge is 0.397 e. The summed E-state index contributed by atoms with van der Waals surface area (Å²) in [4.78, 5) is 1.85. The Balaban J connectivity index is 2.39. The van der Waals surface area contributed by atoms with Crippen LogP contribution in [0.25, 0.3) is 0 Å². The van der Waals surface area contributed by atoms with Crippen molar-refractivity contribution in [2.75, 3.05) is 17.7 Å². The molecule has 0 aromatic heterocycles. The molecule has 0 aliphatic carbocycles. The summed E-state index contributed by atoms with van der Waals surface area (Å²) in [5, 5.41) is 0. The van der Waals surface area contributed by atoms with Gasteiger partial charge in [0.05, 0.1) is 17.4 Å². The summed E-state index contributed by atoms with van der Waals surface area (Å²) in [5.74, 6) is -0.595. The van der Waals surface area contributed by atoms with Crippen molar-refractivity contribution in [3.63, 3.8) is 0 Å². The van der Waals surface area contributed by atoms with Crippen molar-refractivity contribution in [1.82, 2.24) is 0 Å². The average Bonchev–Trinajstić information content (AvgIpc) is 2.42. The lowest BCUT2D eigenvalue weighted by Crippen LogP contribution is -2.23. The number of nitrogen functional groups attached to an aromatic ring is 1. The number of benzene rings is 2. The summed E-state index contributed by atoms with van der Waals surface area (Å²) in [7, 11) is 1.82. The van der Waals surface area contributed by atoms with Crippen molar-refractivity contribution in [3.8, 4) is 0 Å². The van der Waals surface area contributed by atoms with E-state index in [0.29, 0.717) is 22.5 Å². The maximum atomic E-state index is 13.8. The molecule has 1 atom stereocenters. The summed E-state index contributed by atoms with van der Waals surface area (Å²) in [6.07, 6.45) is 0. The minimum atomic E-state index is -0.335. The lowest BCUT2D eigenvalue weighted by molar-refractivity contribution is 0.585. The molecule has 0 heterocycles. The Morgan fingerprint density at radius 1 is 1.10 bits per heavy atom. The molecular weight excluding hydrogens is 258 g/mol. The highest BCUT2D eigenvalue weighted by Gasteiger charge is 2.18. The van der Waals surface area contributed by atoms with E-state index in [1.54, 1.807) is 31.2 Å². The van der Waals surface area contributed by atoms with E-state index in [0.717, 1.165) is 0 Å². The van der Waals surface area contributed by atoms with Gasteiger partial charge in [0.15, 0.2) is 0 Å². The predicted octanol–water partition coefficient (Wildman–Crippen LogP) is 4.05. The SMILES string of the molecule is Cc1cc(N(C)C(C)c2ccccc2F)c(N)cc1F. The summed E-state index contributed by atoms with van der Waals surface area (Å²) in [6.45, 7) is 3.57. The number of rotatable bonds is 3. The third-order valence-corrected chi connectivity index (χ3v) is 3.62. The molecule has 0 saturated carbocycles. The van der Waals surface area contributed by atoms with Crippen LogP contribution in [0, 0.1) is 18.6 Å². The molecule has 0 radical (unpaired) electrons. The van der Waals surface area contributed by atoms with Gasteiger partial charge in [-0.15, -0.1) is 0 Å². The van der Waals surface area contributed by atoms with Gasteiger partial charge in [-0.2, -0.15) is 0 Å². The van der Waals surface area contributed by atoms with Gasteiger partial charge in [-0.3, -0.25) is 0 Å². The molecule has 106 valence electrons. The van der Waals surface area contributed by atoms with Gasteiger partial charge in [-0.1, -0.05) is 18.2 Å². The zero-order valence-electron chi connectivity index (χ0n) is 11.8. The van der Waals surface area contributed by atoms with E-state index in [4.69, 9.17) is 5.73 Å². The Kier molecular flexibility index (Phi) is 3.93. The highest BCUT2D eigenvalue weighted by atomic mass is 19.1. The van der Waals surface area contributed by atoms with Crippen molar-refractivity contribution in [3.05, 3.63) is 59.2 Å². The highest BCUT2D eigenvalue weighted by molar-refractivity contribution is 5.69. The Bertz CT molecular complexity index is 626. The van der Waals surface area contributed by atoms with Gasteiger partial charge in [-0.05, 0) is 37.6 Å². The second-order valence-corrected chi connectivity index (χ2v) is 4.97. The van der Waals surface area contributed by atoms with E-state index in [9.17, 15) is 8.78 Å². The van der Waals surface area contributed by atoms with Gasteiger partial charge in [0.25, 0.3) is 0 Å². The molecule has 0 saturated heterocycles. The first-order chi connectivity index (χ1) is 9.41. The second kappa shape index (κ2) is 5.49. The van der Waals surface area contributed by atoms with Crippen molar-refractivity contribution in [1.29, 1.82) is 0 Å². The molecule has 1 unspecified atom stereocenters. The summed E-state index contributed by atoms with van der Waals surface area (Å²) in [5.41, 5.74) is 8.01. The standard InChI is InChI=1S/C16H18F2N2/c1-10-8-16(15(19)9-14(10)18)20(3)11(2)12-6-4-5-7-13(12)17/h4-9,11H,19H2,1-3H3. The van der Waals surface area contributed by atoms with Crippen LogP contribution in [0.5, 0.6) is 0 Å². The smallest absolute Gasteiger partial charge is 0.128 e. The second-order valence-electron chi connectivity index (χ2n) is 4.97. The normalized spacial score (nSPS) is 12.2. The van der Waals surface area contributed by atoms with Gasteiger partial charge >= 0.3 is 0 Å². The number of aryl methyl sites for hydroxylation is 1. The third-order valence-electron chi connectivity index (χ3n) is 3.62. The monoisotopic (exact) mass is 276 g/mol. The molecule has 0 fully saturated rings. The van der Waals surface area contributed by atoms with E-state index >= 15 is 0 Å². The molecule has 20 heavy (non-hydrogen) atoms. The van der Waals surface area contributed by atoms with Crippen LogP contribution in [-0.2, 0) is 0 Å². The number of anilines is 2. The van der Waals surface area contributed by atoms with E-state index in [-0.39, 0.29) is 17.7 Å². The molecule has 2 aromatic carbocycles. The van der Waals surface area contributed by atoms with E-state index in [2.05, 4.69) is 0 Å². The Morgan fingerprint density at radius 2 is 1.75 bits per heavy atom. The quantitative estimate of drug-likeness (QED) is 0.857. The molecule has 0 aliphatic heterocycles. The fraction of sp³-hybridized carbons (Fsp3) is 0.250. The van der Waals surface area contributed by atoms with Gasteiger partial charge in [0, 0.05) is 12.6 Å². The zero-order chi connectivity index (χ0) is 14.9. The number of hydrogen-bond donors (Lipinski definition) is 1. The van der Waals surface area contributed by atoms with Gasteiger partial charge < -0.3 is 10.6 Å². The van der Waals surface area contributed by atoms with Crippen LogP contribution in [0.4, 0.5) is 20.2 Å². The molecule has 4 heteroatoms. The number of nitrogens with two attached hydrogens (primary N) is 1. The summed E-state index contributed by atoms with van der Waals surface area (Å²) in [6, 6.07) is 9.40. The van der Waals surface area contributed by atoms with E-state index in [1.807, 2.05) is 18.9 Å². The molecule has 2 nitrogen and oxygen atoms in total. The maximum absolute atomic E-state index is 13.8. The van der Waals surface area contributed by atoms with Crippen molar-refractivity contribution in [2.24, 2.45) is 0 Å². The molecule has 0 bridgehead atoms. The van der Waals surface area contributed by atoms with Crippen LogP contribution >= 0.6 is 0 Å². The van der Waals surface area contributed by atoms with E-state index in [1.165, 1.54) is 12.1 Å². The molecular formula is C16H18F2N2. The molecule has 0 aliphatic rings. The number of hydrogen-bond acceptors (Lipinski definition) is 2. The lowest BCUT2D eigenvalue weighted by Gasteiger charge is -2.29. The first-order valence-electron chi connectivity index (χ1n) is 6.44. The molecule has 0 amide bonds. The summed E-state index contributed by atoms with van der Waals surface area (Å²) >= 11 is 0. The highest BCUT2D eigenvalue weighted by Crippen LogP contribution is 2.32. The average molecular weight is 276 g/mol. The third kappa shape index (κ3) is 2.59. The Labute approximate surface area is 117 Å². The van der Waals surface area contributed by atoms with Gasteiger partial charge in [0.2, 0.25) is 0 Å². The maximum Gasteiger partial charge on any atom is 0.128 e.